The van der Waals surface area contributed by atoms with Crippen LogP contribution in [0.4, 0.5) is 0 Å². The van der Waals surface area contributed by atoms with E-state index in [0.717, 1.165) is 12.8 Å². The summed E-state index contributed by atoms with van der Waals surface area (Å²) < 4.78 is 0. The Morgan fingerprint density at radius 2 is 1.18 bits per heavy atom. The number of hydrogen-bond donors (Lipinski definition) is 0. The van der Waals surface area contributed by atoms with Crippen molar-refractivity contribution in [1.82, 2.24) is 0 Å². The Hall–Kier alpha value is -4.42. The van der Waals surface area contributed by atoms with Gasteiger partial charge in [-0.05, 0) is 108 Å². The van der Waals surface area contributed by atoms with Crippen molar-refractivity contribution in [2.75, 3.05) is 0 Å². The lowest BCUT2D eigenvalue weighted by Crippen LogP contribution is -2.31. The summed E-state index contributed by atoms with van der Waals surface area (Å²) in [6.07, 6.45) is 7.14. The molecule has 0 radical (unpaired) electrons. The SMILES string of the molecule is Cc1ccc(-c2c3c(c(-c4cccc5ccccc45)c4cc5c(cc24)-c2ccccc2C5(C)C)=CCCC=3)cc1. The molecule has 0 aromatic heterocycles. The van der Waals surface area contributed by atoms with Crippen LogP contribution in [0.1, 0.15) is 43.4 Å². The molecule has 0 heteroatoms. The van der Waals surface area contributed by atoms with Crippen molar-refractivity contribution in [2.45, 2.75) is 39.0 Å². The van der Waals surface area contributed by atoms with E-state index in [4.69, 9.17) is 0 Å². The van der Waals surface area contributed by atoms with Crippen molar-refractivity contribution in [1.29, 1.82) is 0 Å². The zero-order chi connectivity index (χ0) is 27.0. The quantitative estimate of drug-likeness (QED) is 0.217. The maximum Gasteiger partial charge on any atom is 0.0159 e. The number of rotatable bonds is 2. The van der Waals surface area contributed by atoms with Gasteiger partial charge in [0.05, 0.1) is 0 Å². The molecule has 6 aromatic rings. The Morgan fingerprint density at radius 3 is 2.00 bits per heavy atom. The standard InChI is InChI=1S/C40H32/c1-25-19-21-27(22-20-25)38-31-15-6-7-16-32(31)39(30-17-10-12-26-11-4-5-13-28(26)30)35-24-37-33(23-34(35)38)29-14-8-9-18-36(29)40(37,2)3/h4-5,8-24H,6-7H2,1-3H3. The van der Waals surface area contributed by atoms with Gasteiger partial charge in [0.2, 0.25) is 0 Å². The van der Waals surface area contributed by atoms with E-state index in [1.165, 1.54) is 82.1 Å². The predicted octanol–water partition coefficient (Wildman–Crippen LogP) is 9.30. The molecule has 0 bridgehead atoms. The van der Waals surface area contributed by atoms with Gasteiger partial charge < -0.3 is 0 Å². The maximum atomic E-state index is 2.54. The Labute approximate surface area is 235 Å². The molecule has 0 saturated carbocycles. The molecule has 6 aromatic carbocycles. The lowest BCUT2D eigenvalue weighted by Gasteiger charge is -2.24. The molecule has 8 rings (SSSR count). The third-order valence-corrected chi connectivity index (χ3v) is 9.35. The van der Waals surface area contributed by atoms with Crippen molar-refractivity contribution >= 4 is 33.7 Å². The van der Waals surface area contributed by atoms with Crippen LogP contribution in [0.25, 0.3) is 67.1 Å². The summed E-state index contributed by atoms with van der Waals surface area (Å²) in [5, 5.41) is 8.09. The first-order chi connectivity index (χ1) is 19.5. The summed E-state index contributed by atoms with van der Waals surface area (Å²) in [4.78, 5) is 0. The first-order valence-electron chi connectivity index (χ1n) is 14.5. The first kappa shape index (κ1) is 23.5. The zero-order valence-corrected chi connectivity index (χ0v) is 23.4. The molecular formula is C40H32. The van der Waals surface area contributed by atoms with Gasteiger partial charge in [0, 0.05) is 5.41 Å². The molecule has 0 fully saturated rings. The molecule has 0 aliphatic heterocycles. The van der Waals surface area contributed by atoms with Crippen molar-refractivity contribution in [3.05, 3.63) is 130 Å². The van der Waals surface area contributed by atoms with Crippen molar-refractivity contribution in [3.63, 3.8) is 0 Å². The maximum absolute atomic E-state index is 2.54. The van der Waals surface area contributed by atoms with Crippen molar-refractivity contribution in [3.8, 4) is 33.4 Å². The van der Waals surface area contributed by atoms with Gasteiger partial charge in [-0.1, -0.05) is 123 Å². The van der Waals surface area contributed by atoms with E-state index in [1.807, 2.05) is 0 Å². The summed E-state index contributed by atoms with van der Waals surface area (Å²) in [6.45, 7) is 6.95. The molecule has 0 nitrogen and oxygen atoms in total. The van der Waals surface area contributed by atoms with Crippen LogP contribution in [0, 0.1) is 6.92 Å². The van der Waals surface area contributed by atoms with Crippen LogP contribution in [0.2, 0.25) is 0 Å². The fourth-order valence-electron chi connectivity index (χ4n) is 7.37. The molecule has 0 amide bonds. The normalized spacial score (nSPS) is 14.8. The first-order valence-corrected chi connectivity index (χ1v) is 14.5. The van der Waals surface area contributed by atoms with Gasteiger partial charge in [-0.15, -0.1) is 0 Å². The highest BCUT2D eigenvalue weighted by molar-refractivity contribution is 6.12. The minimum atomic E-state index is -0.0497. The van der Waals surface area contributed by atoms with Crippen molar-refractivity contribution in [2.24, 2.45) is 0 Å². The van der Waals surface area contributed by atoms with Crippen molar-refractivity contribution < 1.29 is 0 Å². The smallest absolute Gasteiger partial charge is 0.0159 e. The molecular weight excluding hydrogens is 480 g/mol. The highest BCUT2D eigenvalue weighted by Gasteiger charge is 2.36. The van der Waals surface area contributed by atoms with Gasteiger partial charge in [-0.25, -0.2) is 0 Å². The zero-order valence-electron chi connectivity index (χ0n) is 23.4. The van der Waals surface area contributed by atoms with E-state index in [-0.39, 0.29) is 5.41 Å². The average molecular weight is 513 g/mol. The van der Waals surface area contributed by atoms with E-state index in [9.17, 15) is 0 Å². The predicted molar refractivity (Wildman–Crippen MR) is 172 cm³/mol. The number of fused-ring (bicyclic) bond motifs is 6. The van der Waals surface area contributed by atoms with Crippen LogP contribution in [-0.4, -0.2) is 0 Å². The Morgan fingerprint density at radius 1 is 0.525 bits per heavy atom. The Kier molecular flexibility index (Phi) is 5.01. The summed E-state index contributed by atoms with van der Waals surface area (Å²) in [7, 11) is 0. The van der Waals surface area contributed by atoms with Gasteiger partial charge in [-0.3, -0.25) is 0 Å². The van der Waals surface area contributed by atoms with Gasteiger partial charge in [0.25, 0.3) is 0 Å². The number of hydrogen-bond acceptors (Lipinski definition) is 0. The lowest BCUT2D eigenvalue weighted by atomic mass is 9.79. The molecule has 0 saturated heterocycles. The lowest BCUT2D eigenvalue weighted by molar-refractivity contribution is 0.661. The summed E-state index contributed by atoms with van der Waals surface area (Å²) in [6, 6.07) is 38.8. The average Bonchev–Trinajstić information content (AvgIpc) is 3.21. The van der Waals surface area contributed by atoms with Crippen LogP contribution >= 0.6 is 0 Å². The molecule has 0 heterocycles. The van der Waals surface area contributed by atoms with E-state index >= 15 is 0 Å². The van der Waals surface area contributed by atoms with Crippen LogP contribution in [-0.2, 0) is 5.41 Å². The van der Waals surface area contributed by atoms with Gasteiger partial charge in [0.1, 0.15) is 0 Å². The van der Waals surface area contributed by atoms with Crippen LogP contribution in [0.3, 0.4) is 0 Å². The van der Waals surface area contributed by atoms with E-state index < -0.39 is 0 Å². The van der Waals surface area contributed by atoms with E-state index in [0.29, 0.717) is 0 Å². The van der Waals surface area contributed by atoms with Crippen LogP contribution in [0.15, 0.2) is 103 Å². The third-order valence-electron chi connectivity index (χ3n) is 9.35. The molecule has 2 aliphatic rings. The largest absolute Gasteiger partial charge is 0.0757 e. The minimum Gasteiger partial charge on any atom is -0.0757 e. The van der Waals surface area contributed by atoms with Gasteiger partial charge in [-0.2, -0.15) is 0 Å². The second kappa shape index (κ2) is 8.54. The summed E-state index contributed by atoms with van der Waals surface area (Å²) in [5.74, 6) is 0. The fraction of sp³-hybridized carbons (Fsp3) is 0.150. The monoisotopic (exact) mass is 512 g/mol. The molecule has 192 valence electrons. The number of benzene rings is 6. The second-order valence-corrected chi connectivity index (χ2v) is 12.1. The summed E-state index contributed by atoms with van der Waals surface area (Å²) in [5.41, 5.74) is 12.2. The molecule has 0 N–H and O–H groups in total. The van der Waals surface area contributed by atoms with Crippen LogP contribution in [0.5, 0.6) is 0 Å². The van der Waals surface area contributed by atoms with Gasteiger partial charge >= 0.3 is 0 Å². The molecule has 40 heavy (non-hydrogen) atoms. The summed E-state index contributed by atoms with van der Waals surface area (Å²) >= 11 is 0. The highest BCUT2D eigenvalue weighted by atomic mass is 14.4. The molecule has 0 unspecified atom stereocenters. The van der Waals surface area contributed by atoms with E-state index in [2.05, 4.69) is 136 Å². The fourth-order valence-corrected chi connectivity index (χ4v) is 7.37. The minimum absolute atomic E-state index is 0.0497. The van der Waals surface area contributed by atoms with Crippen LogP contribution < -0.4 is 10.4 Å². The highest BCUT2D eigenvalue weighted by Crippen LogP contribution is 2.51. The van der Waals surface area contributed by atoms with E-state index in [1.54, 1.807) is 0 Å². The molecule has 0 spiro atoms. The third kappa shape index (κ3) is 3.26. The Bertz CT molecular complexity index is 2120. The van der Waals surface area contributed by atoms with Gasteiger partial charge in [0.15, 0.2) is 0 Å². The topological polar surface area (TPSA) is 0 Å². The Balaban J connectivity index is 1.61. The number of aryl methyl sites for hydroxylation is 1. The second-order valence-electron chi connectivity index (χ2n) is 12.1. The molecule has 2 aliphatic carbocycles. The molecule has 0 atom stereocenters.